The lowest BCUT2D eigenvalue weighted by Crippen LogP contribution is -2.36. The van der Waals surface area contributed by atoms with E-state index >= 15 is 0 Å². The summed E-state index contributed by atoms with van der Waals surface area (Å²) in [7, 11) is 0. The van der Waals surface area contributed by atoms with E-state index in [1.807, 2.05) is 29.2 Å². The summed E-state index contributed by atoms with van der Waals surface area (Å²) < 4.78 is 0. The van der Waals surface area contributed by atoms with E-state index in [1.165, 1.54) is 0 Å². The minimum absolute atomic E-state index is 0.168. The zero-order chi connectivity index (χ0) is 15.1. The molecule has 2 rings (SSSR count). The standard InChI is InChI=1S/C16H25N3O2/c17-13-15-5-2-1-4-14(15)12-16(21)19-7-3-6-18(8-9-19)10-11-20/h1-2,4-5,20H,3,6-13,17H2. The van der Waals surface area contributed by atoms with Gasteiger partial charge in [0, 0.05) is 32.7 Å². The fraction of sp³-hybridized carbons (Fsp3) is 0.562. The number of nitrogens with zero attached hydrogens (tertiary/aromatic N) is 2. The van der Waals surface area contributed by atoms with Gasteiger partial charge in [-0.15, -0.1) is 0 Å². The zero-order valence-corrected chi connectivity index (χ0v) is 12.5. The van der Waals surface area contributed by atoms with Crippen LogP contribution in [0.15, 0.2) is 24.3 Å². The summed E-state index contributed by atoms with van der Waals surface area (Å²) >= 11 is 0. The minimum Gasteiger partial charge on any atom is -0.395 e. The molecule has 0 spiro atoms. The van der Waals surface area contributed by atoms with Crippen LogP contribution in [0, 0.1) is 0 Å². The molecular weight excluding hydrogens is 266 g/mol. The molecular formula is C16H25N3O2. The molecule has 1 heterocycles. The molecule has 1 fully saturated rings. The molecule has 1 aromatic rings. The molecule has 21 heavy (non-hydrogen) atoms. The van der Waals surface area contributed by atoms with Crippen molar-refractivity contribution in [2.75, 3.05) is 39.3 Å². The summed E-state index contributed by atoms with van der Waals surface area (Å²) in [6.07, 6.45) is 1.39. The Morgan fingerprint density at radius 3 is 2.62 bits per heavy atom. The maximum Gasteiger partial charge on any atom is 0.227 e. The third kappa shape index (κ3) is 4.52. The van der Waals surface area contributed by atoms with Crippen molar-refractivity contribution in [2.45, 2.75) is 19.4 Å². The first-order valence-corrected chi connectivity index (χ1v) is 7.62. The van der Waals surface area contributed by atoms with Crippen molar-refractivity contribution in [2.24, 2.45) is 5.73 Å². The highest BCUT2D eigenvalue weighted by molar-refractivity contribution is 5.79. The number of rotatable bonds is 5. The van der Waals surface area contributed by atoms with Crippen LogP contribution in [0.5, 0.6) is 0 Å². The summed E-state index contributed by atoms with van der Waals surface area (Å²) in [6.45, 7) is 4.66. The highest BCUT2D eigenvalue weighted by Crippen LogP contribution is 2.11. The highest BCUT2D eigenvalue weighted by atomic mass is 16.3. The van der Waals surface area contributed by atoms with Gasteiger partial charge < -0.3 is 15.7 Å². The van der Waals surface area contributed by atoms with Gasteiger partial charge in [-0.2, -0.15) is 0 Å². The summed E-state index contributed by atoms with van der Waals surface area (Å²) in [5.74, 6) is 0.168. The average molecular weight is 291 g/mol. The Labute approximate surface area is 126 Å². The fourth-order valence-electron chi connectivity index (χ4n) is 2.79. The predicted octanol–water partition coefficient (Wildman–Crippen LogP) is 0.214. The number of nitrogens with two attached hydrogens (primary N) is 1. The van der Waals surface area contributed by atoms with E-state index in [-0.39, 0.29) is 12.5 Å². The first kappa shape index (κ1) is 15.9. The van der Waals surface area contributed by atoms with Crippen LogP contribution >= 0.6 is 0 Å². The molecule has 0 bridgehead atoms. The smallest absolute Gasteiger partial charge is 0.227 e. The van der Waals surface area contributed by atoms with Gasteiger partial charge in [0.25, 0.3) is 0 Å². The van der Waals surface area contributed by atoms with Crippen molar-refractivity contribution in [1.29, 1.82) is 0 Å². The number of hydrogen-bond donors (Lipinski definition) is 2. The molecule has 1 aliphatic rings. The van der Waals surface area contributed by atoms with Gasteiger partial charge in [0.1, 0.15) is 0 Å². The number of aliphatic hydroxyl groups is 1. The van der Waals surface area contributed by atoms with Gasteiger partial charge >= 0.3 is 0 Å². The number of amides is 1. The zero-order valence-electron chi connectivity index (χ0n) is 12.5. The maximum atomic E-state index is 12.5. The van der Waals surface area contributed by atoms with E-state index in [0.717, 1.165) is 43.7 Å². The van der Waals surface area contributed by atoms with E-state index in [4.69, 9.17) is 10.8 Å². The van der Waals surface area contributed by atoms with Crippen LogP contribution in [0.1, 0.15) is 17.5 Å². The highest BCUT2D eigenvalue weighted by Gasteiger charge is 2.19. The van der Waals surface area contributed by atoms with Gasteiger partial charge in [-0.3, -0.25) is 9.69 Å². The van der Waals surface area contributed by atoms with E-state index < -0.39 is 0 Å². The Hall–Kier alpha value is -1.43. The fourth-order valence-corrected chi connectivity index (χ4v) is 2.79. The Kier molecular flexibility index (Phi) is 6.17. The van der Waals surface area contributed by atoms with Crippen LogP contribution in [0.25, 0.3) is 0 Å². The second-order valence-corrected chi connectivity index (χ2v) is 5.45. The third-order valence-electron chi connectivity index (χ3n) is 4.04. The molecule has 3 N–H and O–H groups in total. The molecule has 5 nitrogen and oxygen atoms in total. The molecule has 0 saturated carbocycles. The monoisotopic (exact) mass is 291 g/mol. The van der Waals surface area contributed by atoms with E-state index in [1.54, 1.807) is 0 Å². The molecule has 5 heteroatoms. The van der Waals surface area contributed by atoms with Crippen molar-refractivity contribution in [3.8, 4) is 0 Å². The molecule has 0 radical (unpaired) electrons. The van der Waals surface area contributed by atoms with Gasteiger partial charge in [0.2, 0.25) is 5.91 Å². The first-order valence-electron chi connectivity index (χ1n) is 7.62. The molecule has 1 saturated heterocycles. The van der Waals surface area contributed by atoms with Crippen LogP contribution in [0.4, 0.5) is 0 Å². The van der Waals surface area contributed by atoms with Gasteiger partial charge in [-0.05, 0) is 24.1 Å². The predicted molar refractivity (Wildman–Crippen MR) is 82.8 cm³/mol. The first-order chi connectivity index (χ1) is 10.2. The van der Waals surface area contributed by atoms with Crippen LogP contribution in [0.2, 0.25) is 0 Å². The van der Waals surface area contributed by atoms with Gasteiger partial charge in [-0.25, -0.2) is 0 Å². The lowest BCUT2D eigenvalue weighted by Gasteiger charge is -2.22. The van der Waals surface area contributed by atoms with Crippen molar-refractivity contribution < 1.29 is 9.90 Å². The van der Waals surface area contributed by atoms with Crippen LogP contribution in [-0.4, -0.2) is 60.1 Å². The lowest BCUT2D eigenvalue weighted by atomic mass is 10.0. The number of hydrogen-bond acceptors (Lipinski definition) is 4. The van der Waals surface area contributed by atoms with E-state index in [2.05, 4.69) is 4.90 Å². The lowest BCUT2D eigenvalue weighted by molar-refractivity contribution is -0.130. The number of carbonyl (C=O) groups is 1. The normalized spacial score (nSPS) is 16.8. The van der Waals surface area contributed by atoms with Crippen LogP contribution in [0.3, 0.4) is 0 Å². The molecule has 0 unspecified atom stereocenters. The van der Waals surface area contributed by atoms with Crippen LogP contribution < -0.4 is 5.73 Å². The molecule has 1 aliphatic heterocycles. The largest absolute Gasteiger partial charge is 0.395 e. The molecule has 1 aromatic carbocycles. The maximum absolute atomic E-state index is 12.5. The Morgan fingerprint density at radius 2 is 1.90 bits per heavy atom. The Balaban J connectivity index is 1.94. The van der Waals surface area contributed by atoms with Crippen molar-refractivity contribution in [3.63, 3.8) is 0 Å². The molecule has 0 atom stereocenters. The molecule has 0 aliphatic carbocycles. The molecule has 0 aromatic heterocycles. The average Bonchev–Trinajstić information content (AvgIpc) is 2.74. The van der Waals surface area contributed by atoms with E-state index in [0.29, 0.717) is 19.5 Å². The van der Waals surface area contributed by atoms with Gasteiger partial charge in [0.15, 0.2) is 0 Å². The number of β-amino-alcohol motifs (C(OH)–C–C–N with tert-alkyl or cyclic N) is 1. The summed E-state index contributed by atoms with van der Waals surface area (Å²) in [5.41, 5.74) is 7.80. The number of benzene rings is 1. The summed E-state index contributed by atoms with van der Waals surface area (Å²) in [4.78, 5) is 16.6. The Morgan fingerprint density at radius 1 is 1.14 bits per heavy atom. The Bertz CT molecular complexity index is 465. The topological polar surface area (TPSA) is 69.8 Å². The minimum atomic E-state index is 0.168. The van der Waals surface area contributed by atoms with Crippen molar-refractivity contribution in [3.05, 3.63) is 35.4 Å². The summed E-state index contributed by atoms with van der Waals surface area (Å²) in [6, 6.07) is 7.87. The van der Waals surface area contributed by atoms with Crippen LogP contribution in [-0.2, 0) is 17.8 Å². The SMILES string of the molecule is NCc1ccccc1CC(=O)N1CCCN(CCO)CC1. The quantitative estimate of drug-likeness (QED) is 0.814. The van der Waals surface area contributed by atoms with Crippen molar-refractivity contribution in [1.82, 2.24) is 9.80 Å². The molecule has 116 valence electrons. The molecule has 1 amide bonds. The number of carbonyl (C=O) groups excluding carboxylic acids is 1. The second kappa shape index (κ2) is 8.12. The van der Waals surface area contributed by atoms with Gasteiger partial charge in [-0.1, -0.05) is 24.3 Å². The van der Waals surface area contributed by atoms with E-state index in [9.17, 15) is 4.79 Å². The second-order valence-electron chi connectivity index (χ2n) is 5.45. The summed E-state index contributed by atoms with van der Waals surface area (Å²) in [5, 5.41) is 9.00. The van der Waals surface area contributed by atoms with Gasteiger partial charge in [0.05, 0.1) is 13.0 Å². The van der Waals surface area contributed by atoms with Crippen molar-refractivity contribution >= 4 is 5.91 Å². The third-order valence-corrected chi connectivity index (χ3v) is 4.04. The number of aliphatic hydroxyl groups excluding tert-OH is 1.